The van der Waals surface area contributed by atoms with Crippen molar-refractivity contribution in [3.63, 3.8) is 0 Å². The van der Waals surface area contributed by atoms with E-state index in [9.17, 15) is 4.39 Å². The molecule has 0 bridgehead atoms. The van der Waals surface area contributed by atoms with Crippen LogP contribution in [0.3, 0.4) is 0 Å². The highest BCUT2D eigenvalue weighted by atomic mass is 19.1. The van der Waals surface area contributed by atoms with Crippen molar-refractivity contribution in [2.45, 2.75) is 19.0 Å². The molecule has 0 aromatic heterocycles. The summed E-state index contributed by atoms with van der Waals surface area (Å²) in [5, 5.41) is 0. The number of nitrogens with two attached hydrogens (primary N) is 1. The molecule has 60 valence electrons. The first-order chi connectivity index (χ1) is 4.84. The monoisotopic (exact) mass is 147 g/mol. The van der Waals surface area contributed by atoms with Crippen molar-refractivity contribution < 1.29 is 9.13 Å². The van der Waals surface area contributed by atoms with Crippen molar-refractivity contribution in [2.75, 3.05) is 19.8 Å². The van der Waals surface area contributed by atoms with Gasteiger partial charge >= 0.3 is 0 Å². The summed E-state index contributed by atoms with van der Waals surface area (Å²) in [6, 6.07) is 0. The normalized spacial score (nSPS) is 35.4. The minimum Gasteiger partial charge on any atom is -0.381 e. The Morgan fingerprint density at radius 1 is 1.40 bits per heavy atom. The molecule has 0 aromatic carbocycles. The van der Waals surface area contributed by atoms with E-state index >= 15 is 0 Å². The fourth-order valence-corrected chi connectivity index (χ4v) is 1.21. The van der Waals surface area contributed by atoms with Gasteiger partial charge in [-0.25, -0.2) is 4.39 Å². The maximum atomic E-state index is 12.9. The lowest BCUT2D eigenvalue weighted by atomic mass is 9.99. The van der Waals surface area contributed by atoms with E-state index in [0.29, 0.717) is 26.2 Å². The molecule has 1 heterocycles. The molecule has 2 N–H and O–H groups in total. The average Bonchev–Trinajstić information content (AvgIpc) is 2.13. The molecule has 2 nitrogen and oxygen atoms in total. The van der Waals surface area contributed by atoms with Crippen molar-refractivity contribution in [1.29, 1.82) is 0 Å². The molecular weight excluding hydrogens is 133 g/mol. The molecule has 1 fully saturated rings. The second-order valence-corrected chi connectivity index (χ2v) is 2.70. The summed E-state index contributed by atoms with van der Waals surface area (Å²) >= 11 is 0. The number of hydrogen-bond donors (Lipinski definition) is 1. The maximum Gasteiger partial charge on any atom is 0.106 e. The second kappa shape index (κ2) is 3.88. The molecule has 0 aromatic rings. The van der Waals surface area contributed by atoms with Crippen LogP contribution in [0.1, 0.15) is 12.8 Å². The molecule has 1 saturated heterocycles. The van der Waals surface area contributed by atoms with Gasteiger partial charge in [-0.3, -0.25) is 0 Å². The summed E-state index contributed by atoms with van der Waals surface area (Å²) < 4.78 is 18.0. The third-order valence-corrected chi connectivity index (χ3v) is 1.99. The lowest BCUT2D eigenvalue weighted by Gasteiger charge is -2.13. The van der Waals surface area contributed by atoms with Crippen molar-refractivity contribution in [1.82, 2.24) is 0 Å². The fraction of sp³-hybridized carbons (Fsp3) is 1.00. The highest BCUT2D eigenvalue weighted by Crippen LogP contribution is 2.17. The van der Waals surface area contributed by atoms with Gasteiger partial charge in [0.25, 0.3) is 0 Å². The largest absolute Gasteiger partial charge is 0.381 e. The molecule has 0 saturated carbocycles. The Kier molecular flexibility index (Phi) is 3.09. The molecule has 0 aliphatic carbocycles. The highest BCUT2D eigenvalue weighted by molar-refractivity contribution is 4.72. The number of hydrogen-bond acceptors (Lipinski definition) is 2. The molecule has 2 unspecified atom stereocenters. The minimum atomic E-state index is -0.743. The Morgan fingerprint density at radius 3 is 2.80 bits per heavy atom. The van der Waals surface area contributed by atoms with Crippen molar-refractivity contribution in [2.24, 2.45) is 11.7 Å². The van der Waals surface area contributed by atoms with Crippen molar-refractivity contribution in [3.05, 3.63) is 0 Å². The Balaban J connectivity index is 2.35. The predicted molar refractivity (Wildman–Crippen MR) is 37.5 cm³/mol. The van der Waals surface area contributed by atoms with Gasteiger partial charge in [-0.2, -0.15) is 0 Å². The number of alkyl halides is 1. The van der Waals surface area contributed by atoms with E-state index in [1.165, 1.54) is 0 Å². The predicted octanol–water partition coefficient (Wildman–Crippen LogP) is 0.710. The van der Waals surface area contributed by atoms with E-state index in [4.69, 9.17) is 10.5 Å². The van der Waals surface area contributed by atoms with E-state index in [2.05, 4.69) is 0 Å². The zero-order valence-corrected chi connectivity index (χ0v) is 6.05. The lowest BCUT2D eigenvalue weighted by molar-refractivity contribution is 0.138. The van der Waals surface area contributed by atoms with Crippen LogP contribution in [0.2, 0.25) is 0 Å². The third-order valence-electron chi connectivity index (χ3n) is 1.99. The van der Waals surface area contributed by atoms with Gasteiger partial charge < -0.3 is 10.5 Å². The molecule has 0 radical (unpaired) electrons. The fourth-order valence-electron chi connectivity index (χ4n) is 1.21. The van der Waals surface area contributed by atoms with Crippen LogP contribution in [0.25, 0.3) is 0 Å². The van der Waals surface area contributed by atoms with Crippen molar-refractivity contribution >= 4 is 0 Å². The quantitative estimate of drug-likeness (QED) is 0.593. The van der Waals surface area contributed by atoms with Gasteiger partial charge in [0.2, 0.25) is 0 Å². The molecule has 2 atom stereocenters. The Labute approximate surface area is 60.5 Å². The lowest BCUT2D eigenvalue weighted by Crippen LogP contribution is -2.24. The summed E-state index contributed by atoms with van der Waals surface area (Å²) in [7, 11) is 0. The van der Waals surface area contributed by atoms with Crippen LogP contribution >= 0.6 is 0 Å². The first-order valence-electron chi connectivity index (χ1n) is 3.76. The topological polar surface area (TPSA) is 35.2 Å². The average molecular weight is 147 g/mol. The minimum absolute atomic E-state index is 0.0301. The summed E-state index contributed by atoms with van der Waals surface area (Å²) in [6.07, 6.45) is 0.548. The molecule has 0 spiro atoms. The van der Waals surface area contributed by atoms with E-state index in [-0.39, 0.29) is 5.92 Å². The van der Waals surface area contributed by atoms with E-state index in [1.807, 2.05) is 0 Å². The molecule has 3 heteroatoms. The molecular formula is C7H14FNO. The number of ether oxygens (including phenoxy) is 1. The number of rotatable bonds is 1. The Morgan fingerprint density at radius 2 is 2.10 bits per heavy atom. The van der Waals surface area contributed by atoms with Crippen LogP contribution in [0.5, 0.6) is 0 Å². The van der Waals surface area contributed by atoms with Gasteiger partial charge in [0.15, 0.2) is 0 Å². The first-order valence-corrected chi connectivity index (χ1v) is 3.76. The van der Waals surface area contributed by atoms with Crippen LogP contribution in [0.4, 0.5) is 4.39 Å². The van der Waals surface area contributed by atoms with Crippen LogP contribution in [-0.4, -0.2) is 25.9 Å². The summed E-state index contributed by atoms with van der Waals surface area (Å²) in [5.41, 5.74) is 5.37. The summed E-state index contributed by atoms with van der Waals surface area (Å²) in [5.74, 6) is 0.0301. The van der Waals surface area contributed by atoms with Crippen LogP contribution in [-0.2, 0) is 4.74 Å². The molecule has 10 heavy (non-hydrogen) atoms. The van der Waals surface area contributed by atoms with Crippen LogP contribution < -0.4 is 5.73 Å². The van der Waals surface area contributed by atoms with Gasteiger partial charge in [0, 0.05) is 25.6 Å². The van der Waals surface area contributed by atoms with E-state index < -0.39 is 6.17 Å². The van der Waals surface area contributed by atoms with Crippen LogP contribution in [0.15, 0.2) is 0 Å². The third kappa shape index (κ3) is 1.92. The summed E-state index contributed by atoms with van der Waals surface area (Å²) in [6.45, 7) is 1.67. The van der Waals surface area contributed by atoms with Gasteiger partial charge in [-0.1, -0.05) is 0 Å². The smallest absolute Gasteiger partial charge is 0.106 e. The van der Waals surface area contributed by atoms with Gasteiger partial charge in [-0.05, 0) is 13.0 Å². The van der Waals surface area contributed by atoms with Gasteiger partial charge in [0.1, 0.15) is 6.17 Å². The van der Waals surface area contributed by atoms with Crippen molar-refractivity contribution in [3.8, 4) is 0 Å². The Bertz CT molecular complexity index is 99.6. The van der Waals surface area contributed by atoms with Crippen LogP contribution in [0, 0.1) is 5.92 Å². The van der Waals surface area contributed by atoms with Gasteiger partial charge in [-0.15, -0.1) is 0 Å². The van der Waals surface area contributed by atoms with E-state index in [1.54, 1.807) is 0 Å². The molecule has 0 amide bonds. The standard InChI is InChI=1S/C7H14FNO/c8-7-2-4-10-3-1-6(7)5-9/h6-7H,1-5,9H2. The SMILES string of the molecule is NCC1CCOCCC1F. The Hall–Kier alpha value is -0.150. The first kappa shape index (κ1) is 7.95. The van der Waals surface area contributed by atoms with Gasteiger partial charge in [0.05, 0.1) is 0 Å². The molecule has 1 aliphatic rings. The number of halogens is 1. The summed E-state index contributed by atoms with van der Waals surface area (Å²) in [4.78, 5) is 0. The second-order valence-electron chi connectivity index (χ2n) is 2.70. The van der Waals surface area contributed by atoms with E-state index in [0.717, 1.165) is 6.42 Å². The highest BCUT2D eigenvalue weighted by Gasteiger charge is 2.21. The molecule has 1 aliphatic heterocycles. The zero-order chi connectivity index (χ0) is 7.40. The molecule has 1 rings (SSSR count). The maximum absolute atomic E-state index is 12.9. The zero-order valence-electron chi connectivity index (χ0n) is 6.05.